The summed E-state index contributed by atoms with van der Waals surface area (Å²) in [6.07, 6.45) is 0.782. The minimum absolute atomic E-state index is 0.0592. The second-order valence-electron chi connectivity index (χ2n) is 6.66. The highest BCUT2D eigenvalue weighted by atomic mass is 16.6. The second kappa shape index (κ2) is 7.03. The predicted octanol–water partition coefficient (Wildman–Crippen LogP) is 5.26. The molecular formula is C22H19N3O2. The van der Waals surface area contributed by atoms with Crippen LogP contribution in [0, 0.1) is 17.0 Å². The zero-order valence-corrected chi connectivity index (χ0v) is 14.9. The summed E-state index contributed by atoms with van der Waals surface area (Å²) in [6, 6.07) is 25.2. The van der Waals surface area contributed by atoms with Gasteiger partial charge in [-0.1, -0.05) is 60.2 Å². The summed E-state index contributed by atoms with van der Waals surface area (Å²) in [5.74, 6) is 0. The Morgan fingerprint density at radius 3 is 2.26 bits per heavy atom. The lowest BCUT2D eigenvalue weighted by atomic mass is 9.98. The van der Waals surface area contributed by atoms with Gasteiger partial charge in [-0.05, 0) is 30.2 Å². The van der Waals surface area contributed by atoms with Gasteiger partial charge in [0.2, 0.25) is 0 Å². The van der Waals surface area contributed by atoms with Gasteiger partial charge >= 0.3 is 0 Å². The minimum atomic E-state index is -0.385. The third-order valence-electron chi connectivity index (χ3n) is 4.80. The van der Waals surface area contributed by atoms with E-state index in [4.69, 9.17) is 5.10 Å². The Balaban J connectivity index is 1.73. The average Bonchev–Trinajstić information content (AvgIpc) is 3.15. The highest BCUT2D eigenvalue weighted by molar-refractivity contribution is 6.03. The van der Waals surface area contributed by atoms with Gasteiger partial charge in [0.1, 0.15) is 0 Å². The molecule has 0 fully saturated rings. The highest BCUT2D eigenvalue weighted by Gasteiger charge is 2.30. The molecule has 0 amide bonds. The first-order valence-corrected chi connectivity index (χ1v) is 8.85. The quantitative estimate of drug-likeness (QED) is 0.473. The Bertz CT molecular complexity index is 980. The zero-order chi connectivity index (χ0) is 18.8. The van der Waals surface area contributed by atoms with Crippen LogP contribution in [0.2, 0.25) is 0 Å². The normalized spacial score (nSPS) is 16.3. The van der Waals surface area contributed by atoms with Gasteiger partial charge < -0.3 is 0 Å². The van der Waals surface area contributed by atoms with E-state index >= 15 is 0 Å². The summed E-state index contributed by atoms with van der Waals surface area (Å²) in [5.41, 5.74) is 5.42. The van der Waals surface area contributed by atoms with Gasteiger partial charge in [-0.3, -0.25) is 15.1 Å². The Morgan fingerprint density at radius 1 is 0.963 bits per heavy atom. The highest BCUT2D eigenvalue weighted by Crippen LogP contribution is 2.37. The van der Waals surface area contributed by atoms with Crippen molar-refractivity contribution in [3.8, 4) is 0 Å². The van der Waals surface area contributed by atoms with E-state index in [1.807, 2.05) is 23.2 Å². The van der Waals surface area contributed by atoms with Crippen molar-refractivity contribution in [2.75, 3.05) is 5.01 Å². The molecule has 0 N–H and O–H groups in total. The van der Waals surface area contributed by atoms with Crippen LogP contribution in [-0.2, 0) is 0 Å². The molecule has 0 radical (unpaired) electrons. The molecule has 5 nitrogen and oxygen atoms in total. The first kappa shape index (κ1) is 17.0. The number of non-ortho nitro benzene ring substituents is 1. The molecule has 27 heavy (non-hydrogen) atoms. The molecule has 1 aliphatic heterocycles. The monoisotopic (exact) mass is 357 g/mol. The summed E-state index contributed by atoms with van der Waals surface area (Å²) in [4.78, 5) is 10.6. The molecular weight excluding hydrogens is 338 g/mol. The van der Waals surface area contributed by atoms with Crippen LogP contribution in [0.5, 0.6) is 0 Å². The van der Waals surface area contributed by atoms with Gasteiger partial charge in [-0.15, -0.1) is 0 Å². The molecule has 3 aromatic carbocycles. The Kier molecular flexibility index (Phi) is 4.42. The number of hydrogen-bond acceptors (Lipinski definition) is 4. The van der Waals surface area contributed by atoms with Crippen molar-refractivity contribution in [1.29, 1.82) is 0 Å². The molecule has 0 aliphatic carbocycles. The fourth-order valence-corrected chi connectivity index (χ4v) is 3.33. The molecule has 0 saturated heterocycles. The number of hydrazone groups is 1. The number of nitro groups is 1. The molecule has 4 rings (SSSR count). The maximum absolute atomic E-state index is 10.9. The van der Waals surface area contributed by atoms with Crippen molar-refractivity contribution >= 4 is 17.1 Å². The number of aryl methyl sites for hydroxylation is 1. The number of hydrogen-bond donors (Lipinski definition) is 0. The van der Waals surface area contributed by atoms with Gasteiger partial charge in [-0.25, -0.2) is 0 Å². The lowest BCUT2D eigenvalue weighted by molar-refractivity contribution is -0.384. The number of rotatable bonds is 4. The number of benzene rings is 3. The molecule has 0 bridgehead atoms. The van der Waals surface area contributed by atoms with Crippen molar-refractivity contribution in [3.05, 3.63) is 106 Å². The Morgan fingerprint density at radius 2 is 1.63 bits per heavy atom. The molecule has 3 aromatic rings. The molecule has 1 aliphatic rings. The maximum Gasteiger partial charge on any atom is 0.269 e. The summed E-state index contributed by atoms with van der Waals surface area (Å²) in [6.45, 7) is 2.07. The van der Waals surface area contributed by atoms with Gasteiger partial charge in [0.15, 0.2) is 0 Å². The largest absolute Gasteiger partial charge is 0.269 e. The van der Waals surface area contributed by atoms with Crippen molar-refractivity contribution in [2.45, 2.75) is 19.4 Å². The van der Waals surface area contributed by atoms with E-state index in [1.165, 1.54) is 23.3 Å². The van der Waals surface area contributed by atoms with Crippen LogP contribution in [0.25, 0.3) is 0 Å². The van der Waals surface area contributed by atoms with Gasteiger partial charge in [0, 0.05) is 18.6 Å². The summed E-state index contributed by atoms with van der Waals surface area (Å²) in [7, 11) is 0. The van der Waals surface area contributed by atoms with Crippen molar-refractivity contribution < 1.29 is 4.92 Å². The summed E-state index contributed by atoms with van der Waals surface area (Å²) in [5, 5.41) is 17.8. The van der Waals surface area contributed by atoms with Crippen LogP contribution in [0.1, 0.15) is 29.2 Å². The van der Waals surface area contributed by atoms with E-state index in [2.05, 4.69) is 43.3 Å². The predicted molar refractivity (Wildman–Crippen MR) is 107 cm³/mol. The molecule has 134 valence electrons. The van der Waals surface area contributed by atoms with E-state index in [-0.39, 0.29) is 16.7 Å². The molecule has 0 spiro atoms. The smallest absolute Gasteiger partial charge is 0.258 e. The summed E-state index contributed by atoms with van der Waals surface area (Å²) >= 11 is 0. The maximum atomic E-state index is 10.9. The molecule has 1 unspecified atom stereocenters. The molecule has 1 atom stereocenters. The van der Waals surface area contributed by atoms with Crippen LogP contribution >= 0.6 is 0 Å². The first-order valence-electron chi connectivity index (χ1n) is 8.85. The lowest BCUT2D eigenvalue weighted by Crippen LogP contribution is -2.18. The second-order valence-corrected chi connectivity index (χ2v) is 6.66. The molecule has 1 heterocycles. The van der Waals surface area contributed by atoms with Crippen molar-refractivity contribution in [2.24, 2.45) is 5.10 Å². The topological polar surface area (TPSA) is 58.7 Å². The van der Waals surface area contributed by atoms with Crippen LogP contribution in [0.3, 0.4) is 0 Å². The first-order chi connectivity index (χ1) is 13.1. The fourth-order valence-electron chi connectivity index (χ4n) is 3.33. The number of nitrogens with zero attached hydrogens (tertiary/aromatic N) is 3. The minimum Gasteiger partial charge on any atom is -0.258 e. The van der Waals surface area contributed by atoms with E-state index in [9.17, 15) is 10.1 Å². The number of anilines is 1. The van der Waals surface area contributed by atoms with E-state index in [0.29, 0.717) is 0 Å². The van der Waals surface area contributed by atoms with Crippen LogP contribution in [0.4, 0.5) is 11.4 Å². The van der Waals surface area contributed by atoms with Gasteiger partial charge in [0.25, 0.3) is 5.69 Å². The third kappa shape index (κ3) is 3.44. The van der Waals surface area contributed by atoms with Gasteiger partial charge in [-0.2, -0.15) is 5.10 Å². The third-order valence-corrected chi connectivity index (χ3v) is 4.80. The van der Waals surface area contributed by atoms with Crippen molar-refractivity contribution in [3.63, 3.8) is 0 Å². The van der Waals surface area contributed by atoms with Crippen LogP contribution in [0.15, 0.2) is 84.0 Å². The average molecular weight is 357 g/mol. The standard InChI is InChI=1S/C22H19N3O2/c1-16-7-9-17(10-8-16)21-15-22(18-5-3-2-4-6-18)24(23-21)19-11-13-20(14-12-19)25(26)27/h2-14,22H,15H2,1H3. The summed E-state index contributed by atoms with van der Waals surface area (Å²) < 4.78 is 0. The van der Waals surface area contributed by atoms with Crippen LogP contribution in [-0.4, -0.2) is 10.6 Å². The van der Waals surface area contributed by atoms with Crippen LogP contribution < -0.4 is 5.01 Å². The molecule has 0 aromatic heterocycles. The Labute approximate surface area is 157 Å². The number of nitro benzene ring substituents is 1. The molecule has 5 heteroatoms. The fraction of sp³-hybridized carbons (Fsp3) is 0.136. The molecule has 0 saturated carbocycles. The zero-order valence-electron chi connectivity index (χ0n) is 14.9. The Hall–Kier alpha value is -3.47. The van der Waals surface area contributed by atoms with Crippen molar-refractivity contribution in [1.82, 2.24) is 0 Å². The SMILES string of the molecule is Cc1ccc(C2=NN(c3ccc([N+](=O)[O-])cc3)C(c3ccccc3)C2)cc1. The van der Waals surface area contributed by atoms with E-state index < -0.39 is 0 Å². The van der Waals surface area contributed by atoms with E-state index in [0.717, 1.165) is 23.4 Å². The van der Waals surface area contributed by atoms with E-state index in [1.54, 1.807) is 12.1 Å². The van der Waals surface area contributed by atoms with Gasteiger partial charge in [0.05, 0.1) is 22.4 Å². The lowest BCUT2D eigenvalue weighted by Gasteiger charge is -2.23.